The normalized spacial score (nSPS) is 19.1. The molecule has 0 amide bonds. The zero-order valence-electron chi connectivity index (χ0n) is 9.84. The minimum Gasteiger partial charge on any atom is -0.396 e. The highest BCUT2D eigenvalue weighted by molar-refractivity contribution is 4.86. The molecule has 1 fully saturated rings. The standard InChI is InChI=1S/C11H20N4O/c1-2-15-11(12-9-13-15)7-14-5-3-10(8-16)4-6-14/h9-10,16H,2-8H2,1H3. The van der Waals surface area contributed by atoms with E-state index in [1.165, 1.54) is 0 Å². The predicted octanol–water partition coefficient (Wildman–Crippen LogP) is 0.502. The molecule has 0 aliphatic carbocycles. The Morgan fingerprint density at radius 1 is 1.44 bits per heavy atom. The van der Waals surface area contributed by atoms with E-state index in [9.17, 15) is 0 Å². The molecule has 5 heteroatoms. The molecule has 0 radical (unpaired) electrons. The lowest BCUT2D eigenvalue weighted by atomic mass is 9.98. The van der Waals surface area contributed by atoms with E-state index in [2.05, 4.69) is 21.9 Å². The first kappa shape index (κ1) is 11.5. The zero-order chi connectivity index (χ0) is 11.4. The second-order valence-corrected chi connectivity index (χ2v) is 4.39. The van der Waals surface area contributed by atoms with Crippen LogP contribution in [0.5, 0.6) is 0 Å². The molecule has 1 aliphatic rings. The number of aliphatic hydroxyl groups is 1. The Bertz CT molecular complexity index is 318. The van der Waals surface area contributed by atoms with Crippen LogP contribution >= 0.6 is 0 Å². The Labute approximate surface area is 96.1 Å². The molecule has 90 valence electrons. The van der Waals surface area contributed by atoms with Crippen molar-refractivity contribution >= 4 is 0 Å². The Hall–Kier alpha value is -0.940. The number of hydrogen-bond acceptors (Lipinski definition) is 4. The fourth-order valence-corrected chi connectivity index (χ4v) is 2.20. The summed E-state index contributed by atoms with van der Waals surface area (Å²) in [6.45, 7) is 6.28. The average molecular weight is 224 g/mol. The van der Waals surface area contributed by atoms with Crippen LogP contribution in [0, 0.1) is 5.92 Å². The monoisotopic (exact) mass is 224 g/mol. The van der Waals surface area contributed by atoms with Gasteiger partial charge in [0.1, 0.15) is 12.2 Å². The predicted molar refractivity (Wildman–Crippen MR) is 60.8 cm³/mol. The van der Waals surface area contributed by atoms with Crippen molar-refractivity contribution in [3.8, 4) is 0 Å². The largest absolute Gasteiger partial charge is 0.396 e. The molecule has 1 saturated heterocycles. The Morgan fingerprint density at radius 2 is 2.19 bits per heavy atom. The lowest BCUT2D eigenvalue weighted by Crippen LogP contribution is -2.35. The third kappa shape index (κ3) is 2.59. The summed E-state index contributed by atoms with van der Waals surface area (Å²) in [6.07, 6.45) is 3.81. The van der Waals surface area contributed by atoms with Gasteiger partial charge in [-0.1, -0.05) is 0 Å². The van der Waals surface area contributed by atoms with Crippen LogP contribution < -0.4 is 0 Å². The zero-order valence-corrected chi connectivity index (χ0v) is 9.84. The summed E-state index contributed by atoms with van der Waals surface area (Å²) < 4.78 is 1.94. The molecule has 0 unspecified atom stereocenters. The maximum Gasteiger partial charge on any atom is 0.140 e. The molecule has 0 atom stereocenters. The van der Waals surface area contributed by atoms with E-state index >= 15 is 0 Å². The highest BCUT2D eigenvalue weighted by Gasteiger charge is 2.19. The number of aromatic nitrogens is 3. The molecule has 1 aromatic heterocycles. The summed E-state index contributed by atoms with van der Waals surface area (Å²) in [4.78, 5) is 6.67. The van der Waals surface area contributed by atoms with Crippen LogP contribution in [0.2, 0.25) is 0 Å². The Balaban J connectivity index is 1.87. The number of piperidine rings is 1. The third-order valence-electron chi connectivity index (χ3n) is 3.33. The van der Waals surface area contributed by atoms with Crippen molar-refractivity contribution in [2.24, 2.45) is 5.92 Å². The minimum absolute atomic E-state index is 0.332. The van der Waals surface area contributed by atoms with Gasteiger partial charge in [-0.3, -0.25) is 4.90 Å². The molecule has 1 N–H and O–H groups in total. The molecule has 5 nitrogen and oxygen atoms in total. The molecule has 0 bridgehead atoms. The Morgan fingerprint density at radius 3 is 2.81 bits per heavy atom. The van der Waals surface area contributed by atoms with E-state index in [0.717, 1.165) is 44.8 Å². The van der Waals surface area contributed by atoms with Crippen molar-refractivity contribution in [3.05, 3.63) is 12.2 Å². The van der Waals surface area contributed by atoms with Crippen LogP contribution in [0.1, 0.15) is 25.6 Å². The lowest BCUT2D eigenvalue weighted by Gasteiger charge is -2.30. The van der Waals surface area contributed by atoms with Gasteiger partial charge in [0, 0.05) is 13.2 Å². The summed E-state index contributed by atoms with van der Waals surface area (Å²) >= 11 is 0. The van der Waals surface area contributed by atoms with E-state index in [0.29, 0.717) is 12.5 Å². The number of aryl methyl sites for hydroxylation is 1. The molecule has 0 spiro atoms. The van der Waals surface area contributed by atoms with Crippen molar-refractivity contribution in [3.63, 3.8) is 0 Å². The number of rotatable bonds is 4. The molecule has 0 aromatic carbocycles. The maximum absolute atomic E-state index is 9.07. The number of likely N-dealkylation sites (tertiary alicyclic amines) is 1. The van der Waals surface area contributed by atoms with Gasteiger partial charge in [0.2, 0.25) is 0 Å². The van der Waals surface area contributed by atoms with Gasteiger partial charge in [0.25, 0.3) is 0 Å². The fourth-order valence-electron chi connectivity index (χ4n) is 2.20. The van der Waals surface area contributed by atoms with Gasteiger partial charge in [0.05, 0.1) is 6.54 Å². The quantitative estimate of drug-likeness (QED) is 0.809. The van der Waals surface area contributed by atoms with Crippen molar-refractivity contribution < 1.29 is 5.11 Å². The second kappa shape index (κ2) is 5.41. The van der Waals surface area contributed by atoms with Gasteiger partial charge in [-0.25, -0.2) is 9.67 Å². The number of aliphatic hydroxyl groups excluding tert-OH is 1. The van der Waals surface area contributed by atoms with Gasteiger partial charge in [-0.2, -0.15) is 5.10 Å². The van der Waals surface area contributed by atoms with E-state index in [4.69, 9.17) is 5.11 Å². The van der Waals surface area contributed by atoms with Crippen molar-refractivity contribution in [1.82, 2.24) is 19.7 Å². The maximum atomic E-state index is 9.07. The SMILES string of the molecule is CCn1ncnc1CN1CCC(CO)CC1. The van der Waals surface area contributed by atoms with Crippen LogP contribution in [-0.2, 0) is 13.1 Å². The molecule has 2 rings (SSSR count). The van der Waals surface area contributed by atoms with Gasteiger partial charge in [0.15, 0.2) is 0 Å². The molecule has 2 heterocycles. The van der Waals surface area contributed by atoms with Crippen molar-refractivity contribution in [2.45, 2.75) is 32.9 Å². The third-order valence-corrected chi connectivity index (χ3v) is 3.33. The first-order chi connectivity index (χ1) is 7.83. The van der Waals surface area contributed by atoms with E-state index in [-0.39, 0.29) is 0 Å². The average Bonchev–Trinajstić information content (AvgIpc) is 2.77. The van der Waals surface area contributed by atoms with Crippen LogP contribution in [-0.4, -0.2) is 44.5 Å². The first-order valence-electron chi connectivity index (χ1n) is 6.03. The second-order valence-electron chi connectivity index (χ2n) is 4.39. The minimum atomic E-state index is 0.332. The van der Waals surface area contributed by atoms with Crippen molar-refractivity contribution in [2.75, 3.05) is 19.7 Å². The number of nitrogens with zero attached hydrogens (tertiary/aromatic N) is 4. The fraction of sp³-hybridized carbons (Fsp3) is 0.818. The van der Waals surface area contributed by atoms with Crippen LogP contribution in [0.3, 0.4) is 0 Å². The van der Waals surface area contributed by atoms with Gasteiger partial charge < -0.3 is 5.11 Å². The van der Waals surface area contributed by atoms with E-state index < -0.39 is 0 Å². The molecule has 1 aromatic rings. The molecule has 1 aliphatic heterocycles. The number of hydrogen-bond donors (Lipinski definition) is 1. The summed E-state index contributed by atoms with van der Waals surface area (Å²) in [6, 6.07) is 0. The van der Waals surface area contributed by atoms with Crippen molar-refractivity contribution in [1.29, 1.82) is 0 Å². The smallest absolute Gasteiger partial charge is 0.140 e. The summed E-state index contributed by atoms with van der Waals surface area (Å²) in [5, 5.41) is 13.2. The lowest BCUT2D eigenvalue weighted by molar-refractivity contribution is 0.124. The van der Waals surface area contributed by atoms with Crippen LogP contribution in [0.4, 0.5) is 0 Å². The molecule has 16 heavy (non-hydrogen) atoms. The first-order valence-corrected chi connectivity index (χ1v) is 6.03. The van der Waals surface area contributed by atoms with Crippen LogP contribution in [0.15, 0.2) is 6.33 Å². The highest BCUT2D eigenvalue weighted by Crippen LogP contribution is 2.17. The topological polar surface area (TPSA) is 54.2 Å². The van der Waals surface area contributed by atoms with E-state index in [1.54, 1.807) is 6.33 Å². The van der Waals surface area contributed by atoms with E-state index in [1.807, 2.05) is 4.68 Å². The molecular formula is C11H20N4O. The summed E-state index contributed by atoms with van der Waals surface area (Å²) in [5.41, 5.74) is 0. The summed E-state index contributed by atoms with van der Waals surface area (Å²) in [5.74, 6) is 1.55. The Kier molecular flexibility index (Phi) is 3.90. The highest BCUT2D eigenvalue weighted by atomic mass is 16.3. The van der Waals surface area contributed by atoms with Gasteiger partial charge >= 0.3 is 0 Å². The molecule has 0 saturated carbocycles. The van der Waals surface area contributed by atoms with Gasteiger partial charge in [-0.15, -0.1) is 0 Å². The summed E-state index contributed by atoms with van der Waals surface area (Å²) in [7, 11) is 0. The van der Waals surface area contributed by atoms with Gasteiger partial charge in [-0.05, 0) is 38.8 Å². The molecular weight excluding hydrogens is 204 g/mol. The van der Waals surface area contributed by atoms with Crippen LogP contribution in [0.25, 0.3) is 0 Å².